The maximum atomic E-state index is 6.08. The summed E-state index contributed by atoms with van der Waals surface area (Å²) in [7, 11) is 0. The zero-order chi connectivity index (χ0) is 11.2. The molecule has 3 rings (SSSR count). The molecule has 0 radical (unpaired) electrons. The van der Waals surface area contributed by atoms with Crippen LogP contribution in [0.4, 0.5) is 0 Å². The van der Waals surface area contributed by atoms with Crippen LogP contribution in [0, 0.1) is 17.3 Å². The molecule has 1 heterocycles. The molecule has 1 spiro atoms. The summed E-state index contributed by atoms with van der Waals surface area (Å²) in [4.78, 5) is 0. The highest BCUT2D eigenvalue weighted by atomic mass is 16.7. The predicted octanol–water partition coefficient (Wildman–Crippen LogP) is 3.36. The van der Waals surface area contributed by atoms with Crippen molar-refractivity contribution in [1.82, 2.24) is 0 Å². The highest BCUT2D eigenvalue weighted by Crippen LogP contribution is 2.59. The van der Waals surface area contributed by atoms with Gasteiger partial charge in [0.05, 0.1) is 13.2 Å². The van der Waals surface area contributed by atoms with Crippen LogP contribution in [0.15, 0.2) is 0 Å². The summed E-state index contributed by atoms with van der Waals surface area (Å²) >= 11 is 0. The van der Waals surface area contributed by atoms with Crippen molar-refractivity contribution in [3.8, 4) is 0 Å². The van der Waals surface area contributed by atoms with E-state index in [1.807, 2.05) is 0 Å². The molecule has 1 saturated heterocycles. The average molecular weight is 224 g/mol. The van der Waals surface area contributed by atoms with Gasteiger partial charge in [-0.15, -0.1) is 0 Å². The summed E-state index contributed by atoms with van der Waals surface area (Å²) in [6, 6.07) is 0. The van der Waals surface area contributed by atoms with Gasteiger partial charge in [0.2, 0.25) is 0 Å². The van der Waals surface area contributed by atoms with Crippen molar-refractivity contribution < 1.29 is 9.47 Å². The summed E-state index contributed by atoms with van der Waals surface area (Å²) in [6.45, 7) is 6.46. The number of rotatable bonds is 0. The number of ether oxygens (including phenoxy) is 2. The fourth-order valence-electron chi connectivity index (χ4n) is 4.58. The summed E-state index contributed by atoms with van der Waals surface area (Å²) in [5, 5.41) is 0. The van der Waals surface area contributed by atoms with Crippen molar-refractivity contribution in [2.45, 2.75) is 58.2 Å². The molecule has 3 atom stereocenters. The first-order chi connectivity index (χ1) is 7.68. The van der Waals surface area contributed by atoms with Crippen molar-refractivity contribution in [2.75, 3.05) is 13.2 Å². The molecule has 1 aliphatic heterocycles. The van der Waals surface area contributed by atoms with Crippen molar-refractivity contribution in [3.05, 3.63) is 0 Å². The van der Waals surface area contributed by atoms with E-state index in [-0.39, 0.29) is 11.2 Å². The van der Waals surface area contributed by atoms with Crippen molar-refractivity contribution in [1.29, 1.82) is 0 Å². The Bertz CT molecular complexity index is 270. The largest absolute Gasteiger partial charge is 0.347 e. The lowest BCUT2D eigenvalue weighted by molar-refractivity contribution is -0.284. The first kappa shape index (κ1) is 11.0. The number of hydrogen-bond donors (Lipinski definition) is 0. The van der Waals surface area contributed by atoms with Crippen LogP contribution in [-0.4, -0.2) is 19.0 Å². The molecule has 16 heavy (non-hydrogen) atoms. The van der Waals surface area contributed by atoms with Gasteiger partial charge in [-0.3, -0.25) is 0 Å². The van der Waals surface area contributed by atoms with Crippen LogP contribution in [0.25, 0.3) is 0 Å². The van der Waals surface area contributed by atoms with E-state index in [4.69, 9.17) is 9.47 Å². The summed E-state index contributed by atoms with van der Waals surface area (Å²) < 4.78 is 12.2. The van der Waals surface area contributed by atoms with Gasteiger partial charge in [0, 0.05) is 11.8 Å². The lowest BCUT2D eigenvalue weighted by atomic mass is 9.54. The van der Waals surface area contributed by atoms with Crippen LogP contribution in [0.2, 0.25) is 0 Å². The second-order valence-corrected chi connectivity index (χ2v) is 6.24. The smallest absolute Gasteiger partial charge is 0.174 e. The third-order valence-corrected chi connectivity index (χ3v) is 5.52. The fourth-order valence-corrected chi connectivity index (χ4v) is 4.58. The van der Waals surface area contributed by atoms with Gasteiger partial charge in [0.25, 0.3) is 0 Å². The fraction of sp³-hybridized carbons (Fsp3) is 1.00. The Kier molecular flexibility index (Phi) is 2.56. The highest BCUT2D eigenvalue weighted by molar-refractivity contribution is 5.04. The highest BCUT2D eigenvalue weighted by Gasteiger charge is 2.60. The Morgan fingerprint density at radius 2 is 1.75 bits per heavy atom. The van der Waals surface area contributed by atoms with Crippen molar-refractivity contribution in [3.63, 3.8) is 0 Å². The standard InChI is InChI=1S/C14H24O2/c1-11-6-8-14(15-9-10-16-14)13(2)7-4-3-5-12(11)13/h11-12H,3-10H2,1-2H3/t11-,12?,13+/m1/s1. The van der Waals surface area contributed by atoms with Gasteiger partial charge in [0.1, 0.15) is 0 Å². The van der Waals surface area contributed by atoms with E-state index in [1.54, 1.807) is 0 Å². The first-order valence-corrected chi connectivity index (χ1v) is 6.96. The quantitative estimate of drug-likeness (QED) is 0.628. The minimum Gasteiger partial charge on any atom is -0.347 e. The van der Waals surface area contributed by atoms with E-state index in [2.05, 4.69) is 13.8 Å². The van der Waals surface area contributed by atoms with Gasteiger partial charge in [0.15, 0.2) is 5.79 Å². The van der Waals surface area contributed by atoms with Gasteiger partial charge in [-0.2, -0.15) is 0 Å². The van der Waals surface area contributed by atoms with E-state index >= 15 is 0 Å². The zero-order valence-corrected chi connectivity index (χ0v) is 10.6. The Morgan fingerprint density at radius 1 is 1.00 bits per heavy atom. The van der Waals surface area contributed by atoms with E-state index in [0.29, 0.717) is 0 Å². The molecule has 0 aromatic rings. The van der Waals surface area contributed by atoms with Gasteiger partial charge in [-0.05, 0) is 31.1 Å². The molecular weight excluding hydrogens is 200 g/mol. The Balaban J connectivity index is 1.95. The molecule has 2 heteroatoms. The molecule has 1 unspecified atom stereocenters. The Hall–Kier alpha value is -0.0800. The van der Waals surface area contributed by atoms with E-state index in [1.165, 1.54) is 32.1 Å². The zero-order valence-electron chi connectivity index (χ0n) is 10.6. The first-order valence-electron chi connectivity index (χ1n) is 6.96. The van der Waals surface area contributed by atoms with Crippen molar-refractivity contribution in [2.24, 2.45) is 17.3 Å². The molecule has 3 aliphatic rings. The molecule has 0 aromatic heterocycles. The molecule has 2 nitrogen and oxygen atoms in total. The number of fused-ring (bicyclic) bond motifs is 2. The summed E-state index contributed by atoms with van der Waals surface area (Å²) in [5.74, 6) is 1.45. The van der Waals surface area contributed by atoms with Crippen molar-refractivity contribution >= 4 is 0 Å². The average Bonchev–Trinajstić information content (AvgIpc) is 2.75. The van der Waals surface area contributed by atoms with Crippen LogP contribution in [0.1, 0.15) is 52.4 Å². The summed E-state index contributed by atoms with van der Waals surface area (Å²) in [5.41, 5.74) is 0.277. The van der Waals surface area contributed by atoms with Gasteiger partial charge >= 0.3 is 0 Å². The van der Waals surface area contributed by atoms with Gasteiger partial charge < -0.3 is 9.47 Å². The summed E-state index contributed by atoms with van der Waals surface area (Å²) in [6.07, 6.45) is 7.82. The van der Waals surface area contributed by atoms with Gasteiger partial charge in [-0.1, -0.05) is 26.7 Å². The normalized spacial score (nSPS) is 46.9. The minimum atomic E-state index is -0.218. The van der Waals surface area contributed by atoms with E-state index in [9.17, 15) is 0 Å². The Morgan fingerprint density at radius 3 is 2.50 bits per heavy atom. The molecule has 0 amide bonds. The molecule has 92 valence electrons. The number of hydrogen-bond acceptors (Lipinski definition) is 2. The van der Waals surface area contributed by atoms with E-state index < -0.39 is 0 Å². The second-order valence-electron chi connectivity index (χ2n) is 6.24. The maximum absolute atomic E-state index is 6.08. The molecule has 0 aromatic carbocycles. The van der Waals surface area contributed by atoms with Crippen LogP contribution in [0.5, 0.6) is 0 Å². The van der Waals surface area contributed by atoms with E-state index in [0.717, 1.165) is 31.5 Å². The SMILES string of the molecule is C[C@@H]1CCC2(OCCO2)[C@@]2(C)CCCCC12. The lowest BCUT2D eigenvalue weighted by Crippen LogP contribution is -2.57. The minimum absolute atomic E-state index is 0.218. The molecule has 2 saturated carbocycles. The molecule has 0 bridgehead atoms. The molecule has 0 N–H and O–H groups in total. The molecular formula is C14H24O2. The second kappa shape index (κ2) is 3.71. The Labute approximate surface area is 98.7 Å². The van der Waals surface area contributed by atoms with Crippen LogP contribution < -0.4 is 0 Å². The lowest BCUT2D eigenvalue weighted by Gasteiger charge is -2.57. The topological polar surface area (TPSA) is 18.5 Å². The predicted molar refractivity (Wildman–Crippen MR) is 63.1 cm³/mol. The third kappa shape index (κ3) is 1.32. The third-order valence-electron chi connectivity index (χ3n) is 5.52. The maximum Gasteiger partial charge on any atom is 0.174 e. The molecule has 3 fully saturated rings. The van der Waals surface area contributed by atoms with Crippen LogP contribution >= 0.6 is 0 Å². The molecule has 2 aliphatic carbocycles. The monoisotopic (exact) mass is 224 g/mol. The van der Waals surface area contributed by atoms with Gasteiger partial charge in [-0.25, -0.2) is 0 Å². The van der Waals surface area contributed by atoms with Crippen LogP contribution in [0.3, 0.4) is 0 Å². The van der Waals surface area contributed by atoms with Crippen LogP contribution in [-0.2, 0) is 9.47 Å².